The molecule has 240 valence electrons. The molecule has 0 radical (unpaired) electrons. The molecule has 4 rings (SSSR count). The Morgan fingerprint density at radius 3 is 2.04 bits per heavy atom. The van der Waals surface area contributed by atoms with Crippen LogP contribution in [0, 0.1) is 45.4 Å². The van der Waals surface area contributed by atoms with Crippen LogP contribution in [0.2, 0.25) is 0 Å². The lowest BCUT2D eigenvalue weighted by Gasteiger charge is -2.44. The second kappa shape index (κ2) is 13.9. The average Bonchev–Trinajstić information content (AvgIpc) is 2.96. The van der Waals surface area contributed by atoms with E-state index in [9.17, 15) is 19.5 Å². The summed E-state index contributed by atoms with van der Waals surface area (Å²) in [7, 11) is 1.52. The number of hydrogen-bond donors (Lipinski definition) is 3. The molecule has 8 heteroatoms. The van der Waals surface area contributed by atoms with Gasteiger partial charge in [-0.1, -0.05) is 44.2 Å². The number of carbonyl (C=O) groups excluding carboxylic acids is 3. The van der Waals surface area contributed by atoms with Gasteiger partial charge in [0.15, 0.2) is 11.5 Å². The maximum atomic E-state index is 14.2. The van der Waals surface area contributed by atoms with E-state index in [1.165, 1.54) is 14.0 Å². The lowest BCUT2D eigenvalue weighted by Crippen LogP contribution is -2.56. The van der Waals surface area contributed by atoms with E-state index < -0.39 is 41.0 Å². The molecule has 1 fully saturated rings. The Hall–Kier alpha value is -4.17. The molecule has 2 amide bonds. The molecule has 1 aliphatic carbocycles. The molecule has 3 aromatic rings. The third kappa shape index (κ3) is 7.39. The molecule has 0 aliphatic heterocycles. The van der Waals surface area contributed by atoms with Gasteiger partial charge in [0.1, 0.15) is 11.7 Å². The quantitative estimate of drug-likeness (QED) is 0.220. The lowest BCUT2D eigenvalue weighted by atomic mass is 9.61. The summed E-state index contributed by atoms with van der Waals surface area (Å²) >= 11 is 0. The predicted molar refractivity (Wildman–Crippen MR) is 177 cm³/mol. The number of Topliss-reactive ketones (excluding diaryl/α,β-unsaturated/α-hetero) is 1. The monoisotopic (exact) mass is 614 g/mol. The Labute approximate surface area is 266 Å². The number of anilines is 2. The Morgan fingerprint density at radius 1 is 0.911 bits per heavy atom. The van der Waals surface area contributed by atoms with E-state index in [2.05, 4.69) is 24.5 Å². The minimum Gasteiger partial charge on any atom is -0.493 e. The topological polar surface area (TPSA) is 114 Å². The highest BCUT2D eigenvalue weighted by molar-refractivity contribution is 6.10. The normalized spacial score (nSPS) is 21.4. The molecular weight excluding hydrogens is 568 g/mol. The fraction of sp³-hybridized carbons (Fsp3) is 0.432. The molecule has 4 unspecified atom stereocenters. The van der Waals surface area contributed by atoms with Gasteiger partial charge in [0.25, 0.3) is 0 Å². The second-order valence-electron chi connectivity index (χ2n) is 12.9. The highest BCUT2D eigenvalue weighted by Crippen LogP contribution is 2.48. The molecule has 1 saturated carbocycles. The predicted octanol–water partition coefficient (Wildman–Crippen LogP) is 6.67. The molecule has 45 heavy (non-hydrogen) atoms. The van der Waals surface area contributed by atoms with Crippen molar-refractivity contribution < 1.29 is 29.0 Å². The molecule has 4 atom stereocenters. The zero-order chi connectivity index (χ0) is 33.1. The van der Waals surface area contributed by atoms with Crippen LogP contribution in [-0.4, -0.2) is 42.0 Å². The van der Waals surface area contributed by atoms with Crippen LogP contribution < -0.4 is 20.1 Å². The highest BCUT2D eigenvalue weighted by Gasteiger charge is 2.56. The molecule has 1 aliphatic rings. The summed E-state index contributed by atoms with van der Waals surface area (Å²) in [5, 5.41) is 17.7. The molecule has 0 heterocycles. The van der Waals surface area contributed by atoms with Crippen LogP contribution in [0.3, 0.4) is 0 Å². The van der Waals surface area contributed by atoms with Crippen LogP contribution >= 0.6 is 0 Å². The Bertz CT molecular complexity index is 1580. The van der Waals surface area contributed by atoms with Gasteiger partial charge in [-0.15, -0.1) is 0 Å². The molecule has 8 nitrogen and oxygen atoms in total. The van der Waals surface area contributed by atoms with E-state index >= 15 is 0 Å². The van der Waals surface area contributed by atoms with Crippen LogP contribution in [0.4, 0.5) is 11.4 Å². The third-order valence-corrected chi connectivity index (χ3v) is 9.08. The van der Waals surface area contributed by atoms with Crippen molar-refractivity contribution in [3.05, 3.63) is 82.4 Å². The second-order valence-corrected chi connectivity index (χ2v) is 12.9. The van der Waals surface area contributed by atoms with Crippen molar-refractivity contribution >= 4 is 29.0 Å². The van der Waals surface area contributed by atoms with E-state index in [-0.39, 0.29) is 6.42 Å². The van der Waals surface area contributed by atoms with E-state index in [4.69, 9.17) is 9.47 Å². The first-order valence-corrected chi connectivity index (χ1v) is 15.5. The van der Waals surface area contributed by atoms with Gasteiger partial charge in [-0.25, -0.2) is 0 Å². The summed E-state index contributed by atoms with van der Waals surface area (Å²) in [5.74, 6) is -3.48. The first kappa shape index (κ1) is 33.7. The fourth-order valence-corrected chi connectivity index (χ4v) is 6.10. The minimum absolute atomic E-state index is 0.354. The maximum Gasteiger partial charge on any atom is 0.235 e. The number of ether oxygens (including phenoxy) is 2. The van der Waals surface area contributed by atoms with Crippen molar-refractivity contribution in [3.63, 3.8) is 0 Å². The molecule has 3 aromatic carbocycles. The summed E-state index contributed by atoms with van der Waals surface area (Å²) < 4.78 is 11.7. The van der Waals surface area contributed by atoms with E-state index in [0.717, 1.165) is 28.7 Å². The molecule has 0 spiro atoms. The van der Waals surface area contributed by atoms with Gasteiger partial charge < -0.3 is 25.2 Å². The Balaban J connectivity index is 1.82. The van der Waals surface area contributed by atoms with Crippen LogP contribution in [0.5, 0.6) is 11.5 Å². The van der Waals surface area contributed by atoms with Gasteiger partial charge in [0.05, 0.1) is 25.2 Å². The minimum atomic E-state index is -1.74. The average molecular weight is 615 g/mol. The number of rotatable bonds is 10. The van der Waals surface area contributed by atoms with Gasteiger partial charge in [-0.3, -0.25) is 14.4 Å². The zero-order valence-corrected chi connectivity index (χ0v) is 27.6. The molecule has 0 saturated heterocycles. The Kier molecular flexibility index (Phi) is 10.4. The highest BCUT2D eigenvalue weighted by atomic mass is 16.5. The zero-order valence-electron chi connectivity index (χ0n) is 27.6. The number of hydrogen-bond acceptors (Lipinski definition) is 6. The first-order chi connectivity index (χ1) is 21.2. The van der Waals surface area contributed by atoms with Gasteiger partial charge in [-0.05, 0) is 99.0 Å². The van der Waals surface area contributed by atoms with E-state index in [1.807, 2.05) is 52.0 Å². The van der Waals surface area contributed by atoms with Crippen LogP contribution in [-0.2, 0) is 14.4 Å². The van der Waals surface area contributed by atoms with Crippen molar-refractivity contribution in [3.8, 4) is 11.5 Å². The number of aryl methyl sites for hydroxylation is 2. The summed E-state index contributed by atoms with van der Waals surface area (Å²) in [5.41, 5.74) is 3.73. The van der Waals surface area contributed by atoms with E-state index in [0.29, 0.717) is 41.0 Å². The van der Waals surface area contributed by atoms with Crippen molar-refractivity contribution in [1.29, 1.82) is 0 Å². The first-order valence-electron chi connectivity index (χ1n) is 15.5. The van der Waals surface area contributed by atoms with Crippen LogP contribution in [0.25, 0.3) is 0 Å². The van der Waals surface area contributed by atoms with Crippen molar-refractivity contribution in [2.75, 3.05) is 24.4 Å². The van der Waals surface area contributed by atoms with Crippen LogP contribution in [0.15, 0.2) is 54.6 Å². The van der Waals surface area contributed by atoms with E-state index in [1.54, 1.807) is 30.3 Å². The van der Waals surface area contributed by atoms with Gasteiger partial charge >= 0.3 is 0 Å². The third-order valence-electron chi connectivity index (χ3n) is 9.08. The van der Waals surface area contributed by atoms with Gasteiger partial charge in [0, 0.05) is 23.7 Å². The molecule has 3 N–H and O–H groups in total. The Morgan fingerprint density at radius 2 is 1.49 bits per heavy atom. The molecule has 0 bridgehead atoms. The molecule has 0 aromatic heterocycles. The molecular formula is C37H46N2O6. The number of nitrogens with one attached hydrogen (secondary N) is 2. The SMILES string of the molecule is COc1cc(C2C(C(=O)Nc3cccc(C)c3C)C(=O)CC(C)(O)C2C(=O)Nc2cccc(C)c2C)ccc1OCCC(C)C. The maximum absolute atomic E-state index is 14.2. The van der Waals surface area contributed by atoms with Crippen LogP contribution in [0.1, 0.15) is 67.3 Å². The largest absolute Gasteiger partial charge is 0.493 e. The number of aliphatic hydroxyl groups is 1. The standard InChI is InChI=1S/C37H46N2O6/c1-21(2)17-18-45-30-16-15-26(19-31(30)44-8)32-33(35(41)38-27-13-9-11-22(3)24(27)5)29(40)20-37(7,43)34(32)36(42)39-28-14-10-12-23(4)25(28)6/h9-16,19,21,32-34,43H,17-18,20H2,1-8H3,(H,38,41)(H,39,42). The number of benzene rings is 3. The number of amides is 2. The summed E-state index contributed by atoms with van der Waals surface area (Å²) in [6.45, 7) is 13.9. The lowest BCUT2D eigenvalue weighted by molar-refractivity contribution is -0.150. The van der Waals surface area contributed by atoms with Crippen molar-refractivity contribution in [2.45, 2.75) is 72.8 Å². The number of methoxy groups -OCH3 is 1. The van der Waals surface area contributed by atoms with Gasteiger partial charge in [-0.2, -0.15) is 0 Å². The smallest absolute Gasteiger partial charge is 0.235 e. The van der Waals surface area contributed by atoms with Crippen molar-refractivity contribution in [2.24, 2.45) is 17.8 Å². The van der Waals surface area contributed by atoms with Crippen molar-refractivity contribution in [1.82, 2.24) is 0 Å². The number of ketones is 1. The summed E-state index contributed by atoms with van der Waals surface area (Å²) in [6, 6.07) is 16.4. The number of carbonyl (C=O) groups is 3. The van der Waals surface area contributed by atoms with Gasteiger partial charge in [0.2, 0.25) is 11.8 Å². The summed E-state index contributed by atoms with van der Waals surface area (Å²) in [4.78, 5) is 42.1. The fourth-order valence-electron chi connectivity index (χ4n) is 6.10. The summed E-state index contributed by atoms with van der Waals surface area (Å²) in [6.07, 6.45) is 0.499.